The van der Waals surface area contributed by atoms with Crippen molar-refractivity contribution in [1.29, 1.82) is 0 Å². The molecule has 24 heavy (non-hydrogen) atoms. The van der Waals surface area contributed by atoms with Gasteiger partial charge in [-0.25, -0.2) is 0 Å². The predicted octanol–water partition coefficient (Wildman–Crippen LogP) is 3.73. The van der Waals surface area contributed by atoms with Crippen molar-refractivity contribution in [3.05, 3.63) is 70.4 Å². The molecule has 2 aromatic carbocycles. The monoisotopic (exact) mass is 322 g/mol. The molecule has 0 aromatic heterocycles. The number of carbonyl (C=O) groups is 2. The van der Waals surface area contributed by atoms with Gasteiger partial charge in [-0.2, -0.15) is 0 Å². The number of hydrogen-bond acceptors (Lipinski definition) is 2. The number of nitrogens with one attached hydrogen (secondary N) is 2. The molecule has 0 heterocycles. The fourth-order valence-corrected chi connectivity index (χ4v) is 2.62. The van der Waals surface area contributed by atoms with Crippen LogP contribution in [0.2, 0.25) is 0 Å². The van der Waals surface area contributed by atoms with E-state index in [1.807, 2.05) is 63.2 Å². The molecule has 0 spiro atoms. The molecule has 2 amide bonds. The maximum absolute atomic E-state index is 12.6. The number of rotatable bonds is 4. The lowest BCUT2D eigenvalue weighted by Crippen LogP contribution is -2.29. The minimum Gasteiger partial charge on any atom is -0.322 e. The number of carbonyl (C=O) groups excluding carboxylic acids is 2. The third-order valence-electron chi connectivity index (χ3n) is 3.58. The second-order valence-electron chi connectivity index (χ2n) is 5.88. The van der Waals surface area contributed by atoms with E-state index >= 15 is 0 Å². The van der Waals surface area contributed by atoms with Crippen LogP contribution in [0.15, 0.2) is 48.2 Å². The van der Waals surface area contributed by atoms with Crippen molar-refractivity contribution < 1.29 is 9.59 Å². The zero-order valence-corrected chi connectivity index (χ0v) is 14.4. The molecule has 124 valence electrons. The summed E-state index contributed by atoms with van der Waals surface area (Å²) in [6.45, 7) is 7.31. The number of anilines is 1. The van der Waals surface area contributed by atoms with Crippen LogP contribution in [-0.4, -0.2) is 11.8 Å². The lowest BCUT2D eigenvalue weighted by molar-refractivity contribution is -0.120. The van der Waals surface area contributed by atoms with Crippen LogP contribution >= 0.6 is 0 Å². The Hall–Kier alpha value is -2.88. The SMILES string of the molecule is CC(=O)N/C(=C/c1ccccc1)C(=O)Nc1c(C)cc(C)cc1C. The first-order valence-electron chi connectivity index (χ1n) is 7.80. The van der Waals surface area contributed by atoms with E-state index in [4.69, 9.17) is 0 Å². The zero-order chi connectivity index (χ0) is 17.7. The molecule has 0 radical (unpaired) electrons. The highest BCUT2D eigenvalue weighted by Crippen LogP contribution is 2.22. The molecule has 0 unspecified atom stereocenters. The molecule has 0 aliphatic carbocycles. The molecule has 4 nitrogen and oxygen atoms in total. The summed E-state index contributed by atoms with van der Waals surface area (Å²) in [6, 6.07) is 13.4. The van der Waals surface area contributed by atoms with E-state index in [0.717, 1.165) is 27.9 Å². The largest absolute Gasteiger partial charge is 0.322 e. The fourth-order valence-electron chi connectivity index (χ4n) is 2.62. The summed E-state index contributed by atoms with van der Waals surface area (Å²) in [7, 11) is 0. The van der Waals surface area contributed by atoms with Gasteiger partial charge in [-0.3, -0.25) is 9.59 Å². The molecule has 2 rings (SSSR count). The van der Waals surface area contributed by atoms with E-state index < -0.39 is 0 Å². The molecular weight excluding hydrogens is 300 g/mol. The van der Waals surface area contributed by atoms with Gasteiger partial charge in [-0.05, 0) is 43.5 Å². The molecule has 0 aliphatic heterocycles. The average molecular weight is 322 g/mol. The first kappa shape index (κ1) is 17.5. The van der Waals surface area contributed by atoms with Gasteiger partial charge in [0.2, 0.25) is 5.91 Å². The smallest absolute Gasteiger partial charge is 0.272 e. The minimum atomic E-state index is -0.343. The second kappa shape index (κ2) is 7.59. The maximum atomic E-state index is 12.6. The number of hydrogen-bond donors (Lipinski definition) is 2. The lowest BCUT2D eigenvalue weighted by atomic mass is 10.0. The third-order valence-corrected chi connectivity index (χ3v) is 3.58. The maximum Gasteiger partial charge on any atom is 0.272 e. The van der Waals surface area contributed by atoms with E-state index in [1.54, 1.807) is 6.08 Å². The normalized spacial score (nSPS) is 11.1. The summed E-state index contributed by atoms with van der Waals surface area (Å²) >= 11 is 0. The summed E-state index contributed by atoms with van der Waals surface area (Å²) < 4.78 is 0. The van der Waals surface area contributed by atoms with E-state index in [1.165, 1.54) is 6.92 Å². The Kier molecular flexibility index (Phi) is 5.53. The van der Waals surface area contributed by atoms with Crippen molar-refractivity contribution in [2.45, 2.75) is 27.7 Å². The molecule has 4 heteroatoms. The van der Waals surface area contributed by atoms with Gasteiger partial charge < -0.3 is 10.6 Å². The number of amides is 2. The van der Waals surface area contributed by atoms with Crippen LogP contribution in [0, 0.1) is 20.8 Å². The van der Waals surface area contributed by atoms with Crippen molar-refractivity contribution in [2.75, 3.05) is 5.32 Å². The number of aryl methyl sites for hydroxylation is 3. The molecule has 0 saturated heterocycles. The quantitative estimate of drug-likeness (QED) is 0.843. The molecule has 0 atom stereocenters. The van der Waals surface area contributed by atoms with Gasteiger partial charge >= 0.3 is 0 Å². The van der Waals surface area contributed by atoms with Gasteiger partial charge in [0.05, 0.1) is 0 Å². The van der Waals surface area contributed by atoms with E-state index in [2.05, 4.69) is 10.6 Å². The standard InChI is InChI=1S/C20H22N2O2/c1-13-10-14(2)19(15(3)11-13)22-20(24)18(21-16(4)23)12-17-8-6-5-7-9-17/h5-12H,1-4H3,(H,21,23)(H,22,24)/b18-12+. The van der Waals surface area contributed by atoms with Crippen LogP contribution in [0.4, 0.5) is 5.69 Å². The van der Waals surface area contributed by atoms with Crippen molar-refractivity contribution in [3.63, 3.8) is 0 Å². The summed E-state index contributed by atoms with van der Waals surface area (Å²) in [5.74, 6) is -0.631. The highest BCUT2D eigenvalue weighted by molar-refractivity contribution is 6.09. The Balaban J connectivity index is 2.32. The van der Waals surface area contributed by atoms with E-state index in [9.17, 15) is 9.59 Å². The number of benzene rings is 2. The molecule has 0 bridgehead atoms. The van der Waals surface area contributed by atoms with Crippen molar-refractivity contribution in [1.82, 2.24) is 5.32 Å². The summed E-state index contributed by atoms with van der Waals surface area (Å²) in [5, 5.41) is 5.52. The van der Waals surface area contributed by atoms with Crippen LogP contribution < -0.4 is 10.6 Å². The summed E-state index contributed by atoms with van der Waals surface area (Å²) in [6.07, 6.45) is 1.66. The first-order chi connectivity index (χ1) is 11.4. The third kappa shape index (κ3) is 4.56. The Labute approximate surface area is 142 Å². The first-order valence-corrected chi connectivity index (χ1v) is 7.80. The van der Waals surface area contributed by atoms with E-state index in [-0.39, 0.29) is 17.5 Å². The van der Waals surface area contributed by atoms with Gasteiger partial charge in [0.1, 0.15) is 5.70 Å². The average Bonchev–Trinajstić information content (AvgIpc) is 2.50. The van der Waals surface area contributed by atoms with E-state index in [0.29, 0.717) is 0 Å². The van der Waals surface area contributed by atoms with Crippen molar-refractivity contribution in [2.24, 2.45) is 0 Å². The molecule has 0 aliphatic rings. The molecular formula is C20H22N2O2. The van der Waals surface area contributed by atoms with Crippen molar-refractivity contribution in [3.8, 4) is 0 Å². The molecule has 0 saturated carbocycles. The van der Waals surface area contributed by atoms with Crippen LogP contribution in [-0.2, 0) is 9.59 Å². The van der Waals surface area contributed by atoms with Crippen LogP contribution in [0.1, 0.15) is 29.2 Å². The van der Waals surface area contributed by atoms with Crippen LogP contribution in [0.25, 0.3) is 6.08 Å². The van der Waals surface area contributed by atoms with Crippen molar-refractivity contribution >= 4 is 23.6 Å². The van der Waals surface area contributed by atoms with Gasteiger partial charge in [0.25, 0.3) is 5.91 Å². The molecule has 2 N–H and O–H groups in total. The van der Waals surface area contributed by atoms with Gasteiger partial charge in [0, 0.05) is 12.6 Å². The lowest BCUT2D eigenvalue weighted by Gasteiger charge is -2.14. The van der Waals surface area contributed by atoms with Gasteiger partial charge in [0.15, 0.2) is 0 Å². The Morgan fingerprint density at radius 1 is 0.958 bits per heavy atom. The minimum absolute atomic E-state index is 0.216. The van der Waals surface area contributed by atoms with Crippen LogP contribution in [0.5, 0.6) is 0 Å². The second-order valence-corrected chi connectivity index (χ2v) is 5.88. The highest BCUT2D eigenvalue weighted by Gasteiger charge is 2.14. The fraction of sp³-hybridized carbons (Fsp3) is 0.200. The molecule has 0 fully saturated rings. The van der Waals surface area contributed by atoms with Gasteiger partial charge in [-0.15, -0.1) is 0 Å². The highest BCUT2D eigenvalue weighted by atomic mass is 16.2. The predicted molar refractivity (Wildman–Crippen MR) is 97.5 cm³/mol. The Morgan fingerprint density at radius 3 is 2.08 bits per heavy atom. The summed E-state index contributed by atoms with van der Waals surface area (Å²) in [4.78, 5) is 24.1. The summed E-state index contributed by atoms with van der Waals surface area (Å²) in [5.41, 5.74) is 4.95. The Bertz CT molecular complexity index is 770. The Morgan fingerprint density at radius 2 is 1.54 bits per heavy atom. The zero-order valence-electron chi connectivity index (χ0n) is 14.4. The van der Waals surface area contributed by atoms with Crippen LogP contribution in [0.3, 0.4) is 0 Å². The van der Waals surface area contributed by atoms with Gasteiger partial charge in [-0.1, -0.05) is 48.0 Å². The topological polar surface area (TPSA) is 58.2 Å². The molecule has 2 aromatic rings.